The van der Waals surface area contributed by atoms with Crippen LogP contribution in [0.5, 0.6) is 0 Å². The third kappa shape index (κ3) is 7.57. The molecule has 0 aliphatic heterocycles. The van der Waals surface area contributed by atoms with Crippen LogP contribution in [0.2, 0.25) is 0 Å². The average Bonchev–Trinajstić information content (AvgIpc) is 2.58. The molecule has 7 nitrogen and oxygen atoms in total. The highest BCUT2D eigenvalue weighted by Gasteiger charge is 2.25. The van der Waals surface area contributed by atoms with Crippen LogP contribution in [0, 0.1) is 0 Å². The second-order valence-electron chi connectivity index (χ2n) is 5.71. The second kappa shape index (κ2) is 10.7. The summed E-state index contributed by atoms with van der Waals surface area (Å²) in [4.78, 5) is 35.4. The lowest BCUT2D eigenvalue weighted by Crippen LogP contribution is -2.53. The summed E-state index contributed by atoms with van der Waals surface area (Å²) in [6, 6.07) is 6.69. The third-order valence-corrected chi connectivity index (χ3v) is 4.26. The fraction of sp³-hybridized carbons (Fsp3) is 0.471. The Hall–Kier alpha value is -2.06. The maximum absolute atomic E-state index is 12.1. The summed E-state index contributed by atoms with van der Waals surface area (Å²) in [5.74, 6) is -1.49. The van der Waals surface area contributed by atoms with E-state index in [2.05, 4.69) is 10.6 Å². The second-order valence-corrected chi connectivity index (χ2v) is 6.69. The topological polar surface area (TPSA) is 122 Å². The number of rotatable bonds is 10. The van der Waals surface area contributed by atoms with Crippen molar-refractivity contribution in [3.05, 3.63) is 35.9 Å². The number of benzene rings is 1. The molecular weight excluding hydrogens is 342 g/mol. The van der Waals surface area contributed by atoms with Crippen molar-refractivity contribution in [2.45, 2.75) is 37.9 Å². The lowest BCUT2D eigenvalue weighted by molar-refractivity contribution is -0.142. The van der Waals surface area contributed by atoms with E-state index in [1.54, 1.807) is 0 Å². The first-order valence-electron chi connectivity index (χ1n) is 7.97. The normalized spacial score (nSPS) is 14.2. The highest BCUT2D eigenvalue weighted by Crippen LogP contribution is 2.03. The average molecular weight is 367 g/mol. The minimum atomic E-state index is -1.10. The van der Waals surface area contributed by atoms with Gasteiger partial charge in [-0.25, -0.2) is 4.79 Å². The van der Waals surface area contributed by atoms with Crippen molar-refractivity contribution < 1.29 is 19.5 Å². The molecule has 0 bridgehead atoms. The lowest BCUT2D eigenvalue weighted by Gasteiger charge is -2.20. The van der Waals surface area contributed by atoms with E-state index in [0.29, 0.717) is 18.6 Å². The maximum Gasteiger partial charge on any atom is 0.326 e. The van der Waals surface area contributed by atoms with E-state index >= 15 is 0 Å². The van der Waals surface area contributed by atoms with Crippen LogP contribution in [0.3, 0.4) is 0 Å². The smallest absolute Gasteiger partial charge is 0.326 e. The molecule has 0 spiro atoms. The van der Waals surface area contributed by atoms with Gasteiger partial charge in [0.2, 0.25) is 11.8 Å². The Morgan fingerprint density at radius 3 is 2.36 bits per heavy atom. The highest BCUT2D eigenvalue weighted by atomic mass is 32.2. The molecule has 2 amide bonds. The molecule has 1 rings (SSSR count). The molecule has 25 heavy (non-hydrogen) atoms. The Balaban J connectivity index is 2.52. The van der Waals surface area contributed by atoms with Crippen LogP contribution in [0.1, 0.15) is 18.9 Å². The molecule has 0 aromatic heterocycles. The van der Waals surface area contributed by atoms with Gasteiger partial charge >= 0.3 is 5.97 Å². The van der Waals surface area contributed by atoms with E-state index in [1.807, 2.05) is 36.6 Å². The van der Waals surface area contributed by atoms with Crippen LogP contribution in [-0.4, -0.2) is 53.0 Å². The fourth-order valence-corrected chi connectivity index (χ4v) is 2.61. The zero-order chi connectivity index (χ0) is 18.8. The Bertz CT molecular complexity index is 583. The van der Waals surface area contributed by atoms with Crippen LogP contribution in [0.4, 0.5) is 0 Å². The molecule has 138 valence electrons. The van der Waals surface area contributed by atoms with Gasteiger partial charge in [-0.3, -0.25) is 9.59 Å². The van der Waals surface area contributed by atoms with Crippen LogP contribution >= 0.6 is 11.8 Å². The number of nitrogens with one attached hydrogen (secondary N) is 2. The first-order valence-corrected chi connectivity index (χ1v) is 9.36. The molecule has 0 fully saturated rings. The summed E-state index contributed by atoms with van der Waals surface area (Å²) in [5.41, 5.74) is 6.79. The zero-order valence-corrected chi connectivity index (χ0v) is 15.2. The minimum Gasteiger partial charge on any atom is -0.480 e. The summed E-state index contributed by atoms with van der Waals surface area (Å²) >= 11 is 1.50. The first kappa shape index (κ1) is 21.0. The van der Waals surface area contributed by atoms with Crippen molar-refractivity contribution in [2.75, 3.05) is 12.0 Å². The van der Waals surface area contributed by atoms with Gasteiger partial charge in [-0.15, -0.1) is 0 Å². The summed E-state index contributed by atoms with van der Waals surface area (Å²) in [5, 5.41) is 14.1. The molecule has 1 aromatic carbocycles. The quantitative estimate of drug-likeness (QED) is 0.474. The number of carbonyl (C=O) groups is 3. The molecule has 0 saturated carbocycles. The van der Waals surface area contributed by atoms with Gasteiger partial charge in [0.25, 0.3) is 0 Å². The number of carboxylic acids is 1. The van der Waals surface area contributed by atoms with E-state index < -0.39 is 35.9 Å². The predicted molar refractivity (Wildman–Crippen MR) is 98.3 cm³/mol. The molecule has 0 heterocycles. The van der Waals surface area contributed by atoms with Gasteiger partial charge in [-0.1, -0.05) is 30.3 Å². The van der Waals surface area contributed by atoms with Gasteiger partial charge in [0.05, 0.1) is 6.04 Å². The standard InChI is InChI=1S/C17H25N3O4S/c1-11(15(21)20-14(17(23)24)8-9-25-2)19-16(22)13(18)10-12-6-4-3-5-7-12/h3-7,11,13-14H,8-10,18H2,1-2H3,(H,19,22)(H,20,21)(H,23,24)/t11-,13-,14-/m0/s1. The lowest BCUT2D eigenvalue weighted by atomic mass is 10.1. The highest BCUT2D eigenvalue weighted by molar-refractivity contribution is 7.98. The number of carboxylic acid groups (broad SMARTS) is 1. The Morgan fingerprint density at radius 2 is 1.80 bits per heavy atom. The van der Waals surface area contributed by atoms with Gasteiger partial charge in [-0.2, -0.15) is 11.8 Å². The van der Waals surface area contributed by atoms with Crippen LogP contribution < -0.4 is 16.4 Å². The van der Waals surface area contributed by atoms with Crippen molar-refractivity contribution in [1.29, 1.82) is 0 Å². The summed E-state index contributed by atoms with van der Waals surface area (Å²) in [6.45, 7) is 1.50. The number of hydrogen-bond donors (Lipinski definition) is 4. The first-order chi connectivity index (χ1) is 11.8. The Morgan fingerprint density at radius 1 is 1.16 bits per heavy atom. The number of aliphatic carboxylic acids is 1. The van der Waals surface area contributed by atoms with Gasteiger partial charge < -0.3 is 21.5 Å². The van der Waals surface area contributed by atoms with Gasteiger partial charge in [-0.05, 0) is 37.3 Å². The maximum atomic E-state index is 12.1. The molecule has 8 heteroatoms. The van der Waals surface area contributed by atoms with Crippen LogP contribution in [-0.2, 0) is 20.8 Å². The number of amides is 2. The van der Waals surface area contributed by atoms with E-state index in [9.17, 15) is 14.4 Å². The summed E-state index contributed by atoms with van der Waals surface area (Å²) < 4.78 is 0. The van der Waals surface area contributed by atoms with Crippen molar-refractivity contribution >= 4 is 29.5 Å². The van der Waals surface area contributed by atoms with Crippen molar-refractivity contribution in [2.24, 2.45) is 5.73 Å². The molecule has 3 atom stereocenters. The Labute approximate surface area is 151 Å². The summed E-state index contributed by atoms with van der Waals surface area (Å²) in [7, 11) is 0. The minimum absolute atomic E-state index is 0.316. The van der Waals surface area contributed by atoms with E-state index in [-0.39, 0.29) is 0 Å². The molecule has 0 aliphatic carbocycles. The van der Waals surface area contributed by atoms with Crippen LogP contribution in [0.15, 0.2) is 30.3 Å². The van der Waals surface area contributed by atoms with E-state index in [4.69, 9.17) is 10.8 Å². The number of carbonyl (C=O) groups excluding carboxylic acids is 2. The molecule has 5 N–H and O–H groups in total. The fourth-order valence-electron chi connectivity index (χ4n) is 2.14. The van der Waals surface area contributed by atoms with Crippen molar-refractivity contribution in [3.63, 3.8) is 0 Å². The van der Waals surface area contributed by atoms with E-state index in [1.165, 1.54) is 18.7 Å². The van der Waals surface area contributed by atoms with Crippen molar-refractivity contribution in [1.82, 2.24) is 10.6 Å². The molecule has 0 aliphatic rings. The molecule has 0 unspecified atom stereocenters. The zero-order valence-electron chi connectivity index (χ0n) is 14.4. The molecule has 0 radical (unpaired) electrons. The van der Waals surface area contributed by atoms with Gasteiger partial charge in [0.1, 0.15) is 12.1 Å². The van der Waals surface area contributed by atoms with Gasteiger partial charge in [0, 0.05) is 0 Å². The van der Waals surface area contributed by atoms with Gasteiger partial charge in [0.15, 0.2) is 0 Å². The summed E-state index contributed by atoms with van der Waals surface area (Å²) in [6.07, 6.45) is 2.53. The van der Waals surface area contributed by atoms with E-state index in [0.717, 1.165) is 5.56 Å². The Kier molecular flexibility index (Phi) is 9.01. The number of thioether (sulfide) groups is 1. The molecular formula is C17H25N3O4S. The van der Waals surface area contributed by atoms with Crippen LogP contribution in [0.25, 0.3) is 0 Å². The van der Waals surface area contributed by atoms with Crippen molar-refractivity contribution in [3.8, 4) is 0 Å². The SMILES string of the molecule is CSCC[C@H](NC(=O)[C@H](C)NC(=O)[C@@H](N)Cc1ccccc1)C(=O)O. The number of hydrogen-bond acceptors (Lipinski definition) is 5. The largest absolute Gasteiger partial charge is 0.480 e. The third-order valence-electron chi connectivity index (χ3n) is 3.61. The molecule has 0 saturated heterocycles. The number of nitrogens with two attached hydrogens (primary N) is 1. The predicted octanol–water partition coefficient (Wildman–Crippen LogP) is 0.384. The monoisotopic (exact) mass is 367 g/mol. The molecule has 1 aromatic rings.